The fourth-order valence-corrected chi connectivity index (χ4v) is 2.94. The van der Waals surface area contributed by atoms with Crippen LogP contribution >= 0.6 is 11.3 Å². The van der Waals surface area contributed by atoms with Gasteiger partial charge in [-0.05, 0) is 25.0 Å². The lowest BCUT2D eigenvalue weighted by Crippen LogP contribution is -2.38. The summed E-state index contributed by atoms with van der Waals surface area (Å²) in [5.74, 6) is 0.637. The summed E-state index contributed by atoms with van der Waals surface area (Å²) >= 11 is 1.02. The molecular weight excluding hydrogens is 349 g/mol. The van der Waals surface area contributed by atoms with Crippen LogP contribution in [0, 0.1) is 6.92 Å². The molecule has 0 atom stereocenters. The second-order valence-electron chi connectivity index (χ2n) is 5.42. The molecule has 0 aliphatic heterocycles. The summed E-state index contributed by atoms with van der Waals surface area (Å²) in [6, 6.07) is 8.01. The molecule has 4 nitrogen and oxygen atoms in total. The van der Waals surface area contributed by atoms with Crippen LogP contribution in [0.5, 0.6) is 0 Å². The Morgan fingerprint density at radius 2 is 2.00 bits per heavy atom. The maximum absolute atomic E-state index is 12.5. The van der Waals surface area contributed by atoms with Crippen LogP contribution in [0.3, 0.4) is 0 Å². The molecular formula is C17H21F3N4S. The van der Waals surface area contributed by atoms with E-state index in [4.69, 9.17) is 0 Å². The number of guanidine groups is 1. The average molecular weight is 370 g/mol. The van der Waals surface area contributed by atoms with Crippen LogP contribution in [0.4, 0.5) is 13.2 Å². The number of hydrogen-bond donors (Lipinski definition) is 2. The van der Waals surface area contributed by atoms with Gasteiger partial charge in [0.05, 0.1) is 11.6 Å². The normalized spacial score (nSPS) is 12.3. The molecule has 2 rings (SSSR count). The summed E-state index contributed by atoms with van der Waals surface area (Å²) < 4.78 is 37.6. The number of alkyl halides is 3. The number of halogens is 3. The van der Waals surface area contributed by atoms with Crippen LogP contribution in [-0.2, 0) is 19.1 Å². The molecule has 1 aromatic carbocycles. The van der Waals surface area contributed by atoms with Crippen molar-refractivity contribution < 1.29 is 13.2 Å². The Morgan fingerprint density at radius 1 is 1.24 bits per heavy atom. The minimum atomic E-state index is -4.38. The zero-order valence-corrected chi connectivity index (χ0v) is 15.0. The lowest BCUT2D eigenvalue weighted by Gasteiger charge is -2.11. The molecule has 25 heavy (non-hydrogen) atoms. The molecule has 0 amide bonds. The highest BCUT2D eigenvalue weighted by atomic mass is 32.1. The van der Waals surface area contributed by atoms with Crippen LogP contribution in [0.1, 0.15) is 28.8 Å². The Bertz CT molecular complexity index is 710. The molecule has 0 fully saturated rings. The predicted molar refractivity (Wildman–Crippen MR) is 94.8 cm³/mol. The minimum absolute atomic E-state index is 0.412. The highest BCUT2D eigenvalue weighted by Gasteiger charge is 2.33. The molecule has 0 bridgehead atoms. The van der Waals surface area contributed by atoms with Gasteiger partial charge in [-0.3, -0.25) is 0 Å². The molecule has 0 radical (unpaired) electrons. The largest absolute Gasteiger partial charge is 0.434 e. The van der Waals surface area contributed by atoms with E-state index < -0.39 is 11.9 Å². The van der Waals surface area contributed by atoms with Gasteiger partial charge in [0.2, 0.25) is 0 Å². The van der Waals surface area contributed by atoms with Crippen molar-refractivity contribution >= 4 is 17.3 Å². The average Bonchev–Trinajstić information content (AvgIpc) is 3.03. The van der Waals surface area contributed by atoms with E-state index in [0.717, 1.165) is 22.3 Å². The first-order valence-corrected chi connectivity index (χ1v) is 8.86. The van der Waals surface area contributed by atoms with E-state index in [1.807, 2.05) is 38.1 Å². The van der Waals surface area contributed by atoms with E-state index in [1.54, 1.807) is 0 Å². The number of benzene rings is 1. The quantitative estimate of drug-likeness (QED) is 0.601. The zero-order chi connectivity index (χ0) is 18.3. The molecule has 2 N–H and O–H groups in total. The van der Waals surface area contributed by atoms with E-state index in [1.165, 1.54) is 5.56 Å². The molecule has 2 aromatic rings. The third-order valence-electron chi connectivity index (χ3n) is 3.49. The second-order valence-corrected chi connectivity index (χ2v) is 6.37. The molecule has 0 aliphatic carbocycles. The summed E-state index contributed by atoms with van der Waals surface area (Å²) in [6.07, 6.45) is -3.97. The SMILES string of the molecule is CCNC(=NCc1ccccc1C)NCCc1nc(C(F)(F)F)cs1. The first-order valence-electron chi connectivity index (χ1n) is 7.98. The van der Waals surface area contributed by atoms with Gasteiger partial charge in [0.25, 0.3) is 0 Å². The van der Waals surface area contributed by atoms with Gasteiger partial charge in [-0.2, -0.15) is 13.2 Å². The molecule has 1 aromatic heterocycles. The Morgan fingerprint density at radius 3 is 2.64 bits per heavy atom. The zero-order valence-electron chi connectivity index (χ0n) is 14.2. The lowest BCUT2D eigenvalue weighted by molar-refractivity contribution is -0.140. The first-order chi connectivity index (χ1) is 11.9. The van der Waals surface area contributed by atoms with Crippen LogP contribution in [0.15, 0.2) is 34.6 Å². The summed E-state index contributed by atoms with van der Waals surface area (Å²) in [7, 11) is 0. The van der Waals surface area contributed by atoms with Gasteiger partial charge < -0.3 is 10.6 Å². The molecule has 0 unspecified atom stereocenters. The molecule has 0 aliphatic rings. The minimum Gasteiger partial charge on any atom is -0.357 e. The van der Waals surface area contributed by atoms with Gasteiger partial charge in [0.15, 0.2) is 11.7 Å². The lowest BCUT2D eigenvalue weighted by atomic mass is 10.1. The number of rotatable bonds is 6. The van der Waals surface area contributed by atoms with Gasteiger partial charge in [-0.1, -0.05) is 24.3 Å². The summed E-state index contributed by atoms with van der Waals surface area (Å²) in [6.45, 7) is 5.70. The van der Waals surface area contributed by atoms with Gasteiger partial charge in [0, 0.05) is 24.9 Å². The van der Waals surface area contributed by atoms with Crippen molar-refractivity contribution in [1.29, 1.82) is 0 Å². The second kappa shape index (κ2) is 8.84. The molecule has 0 saturated heterocycles. The summed E-state index contributed by atoms with van der Waals surface area (Å²) in [4.78, 5) is 8.14. The Kier molecular flexibility index (Phi) is 6.81. The number of aromatic nitrogens is 1. The Balaban J connectivity index is 1.90. The van der Waals surface area contributed by atoms with Gasteiger partial charge in [0.1, 0.15) is 0 Å². The molecule has 0 saturated carbocycles. The van der Waals surface area contributed by atoms with Crippen LogP contribution in [-0.4, -0.2) is 24.0 Å². The topological polar surface area (TPSA) is 49.3 Å². The number of aryl methyl sites for hydroxylation is 1. The van der Waals surface area contributed by atoms with Crippen molar-refractivity contribution in [2.45, 2.75) is 33.0 Å². The van der Waals surface area contributed by atoms with Gasteiger partial charge >= 0.3 is 6.18 Å². The van der Waals surface area contributed by atoms with Gasteiger partial charge in [-0.25, -0.2) is 9.98 Å². The molecule has 0 spiro atoms. The molecule has 136 valence electrons. The molecule has 1 heterocycles. The monoisotopic (exact) mass is 370 g/mol. The fraction of sp³-hybridized carbons (Fsp3) is 0.412. The van der Waals surface area contributed by atoms with Crippen LogP contribution < -0.4 is 10.6 Å². The Labute approximate surface area is 149 Å². The van der Waals surface area contributed by atoms with E-state index in [-0.39, 0.29) is 0 Å². The van der Waals surface area contributed by atoms with Crippen LogP contribution in [0.2, 0.25) is 0 Å². The predicted octanol–water partition coefficient (Wildman–Crippen LogP) is 3.77. The number of aliphatic imine (C=N–C) groups is 1. The highest BCUT2D eigenvalue weighted by molar-refractivity contribution is 7.09. The van der Waals surface area contributed by atoms with E-state index in [9.17, 15) is 13.2 Å². The highest BCUT2D eigenvalue weighted by Crippen LogP contribution is 2.29. The number of nitrogens with zero attached hydrogens (tertiary/aromatic N) is 2. The fourth-order valence-electron chi connectivity index (χ4n) is 2.14. The number of hydrogen-bond acceptors (Lipinski definition) is 3. The standard InChI is InChI=1S/C17H21F3N4S/c1-3-21-16(23-10-13-7-5-4-6-12(13)2)22-9-8-15-24-14(11-25-15)17(18,19)20/h4-7,11H,3,8-10H2,1-2H3,(H2,21,22,23). The van der Waals surface area contributed by atoms with Crippen molar-refractivity contribution in [1.82, 2.24) is 15.6 Å². The maximum atomic E-state index is 12.5. The van der Waals surface area contributed by atoms with Crippen LogP contribution in [0.25, 0.3) is 0 Å². The number of nitrogens with one attached hydrogen (secondary N) is 2. The summed E-state index contributed by atoms with van der Waals surface area (Å²) in [5.41, 5.74) is 1.48. The van der Waals surface area contributed by atoms with Crippen molar-refractivity contribution in [3.8, 4) is 0 Å². The smallest absolute Gasteiger partial charge is 0.357 e. The van der Waals surface area contributed by atoms with Crippen molar-refractivity contribution in [3.05, 3.63) is 51.5 Å². The van der Waals surface area contributed by atoms with E-state index >= 15 is 0 Å². The van der Waals surface area contributed by atoms with Crippen molar-refractivity contribution in [2.75, 3.05) is 13.1 Å². The maximum Gasteiger partial charge on any atom is 0.434 e. The first kappa shape index (κ1) is 19.2. The molecule has 8 heteroatoms. The number of thiazole rings is 1. The van der Waals surface area contributed by atoms with Crippen molar-refractivity contribution in [2.24, 2.45) is 4.99 Å². The van der Waals surface area contributed by atoms with E-state index in [0.29, 0.717) is 37.0 Å². The third kappa shape index (κ3) is 6.04. The summed E-state index contributed by atoms with van der Waals surface area (Å²) in [5, 5.41) is 7.76. The van der Waals surface area contributed by atoms with Crippen molar-refractivity contribution in [3.63, 3.8) is 0 Å². The third-order valence-corrected chi connectivity index (χ3v) is 4.40. The Hall–Kier alpha value is -2.09. The van der Waals surface area contributed by atoms with E-state index in [2.05, 4.69) is 20.6 Å². The van der Waals surface area contributed by atoms with Gasteiger partial charge in [-0.15, -0.1) is 11.3 Å².